The van der Waals surface area contributed by atoms with Gasteiger partial charge in [-0.15, -0.1) is 11.3 Å². The SMILES string of the molecule is O=C(c1ccc(-c2ccccc2F)s1)N1CCCC[C@H]1C1OCCO1. The number of piperidine rings is 1. The van der Waals surface area contributed by atoms with Crippen molar-refractivity contribution in [2.75, 3.05) is 19.8 Å². The van der Waals surface area contributed by atoms with Gasteiger partial charge in [-0.25, -0.2) is 4.39 Å². The maximum Gasteiger partial charge on any atom is 0.264 e. The third kappa shape index (κ3) is 3.34. The normalized spacial score (nSPS) is 21.6. The first-order valence-electron chi connectivity index (χ1n) is 8.63. The Hall–Kier alpha value is -1.76. The van der Waals surface area contributed by atoms with E-state index in [-0.39, 0.29) is 24.1 Å². The second-order valence-electron chi connectivity index (χ2n) is 6.32. The van der Waals surface area contributed by atoms with E-state index in [1.807, 2.05) is 11.0 Å². The molecular weight excluding hydrogens is 341 g/mol. The molecule has 6 heteroatoms. The molecule has 2 fully saturated rings. The van der Waals surface area contributed by atoms with Crippen LogP contribution >= 0.6 is 11.3 Å². The molecule has 0 unspecified atom stereocenters. The number of halogens is 1. The molecule has 2 aliphatic heterocycles. The zero-order valence-corrected chi connectivity index (χ0v) is 14.6. The number of ether oxygens (including phenoxy) is 2. The summed E-state index contributed by atoms with van der Waals surface area (Å²) in [5.41, 5.74) is 0.532. The van der Waals surface area contributed by atoms with Crippen molar-refractivity contribution in [3.63, 3.8) is 0 Å². The number of rotatable bonds is 3. The summed E-state index contributed by atoms with van der Waals surface area (Å²) in [5.74, 6) is -0.289. The van der Waals surface area contributed by atoms with Crippen LogP contribution in [-0.4, -0.2) is 42.9 Å². The number of carbonyl (C=O) groups excluding carboxylic acids is 1. The monoisotopic (exact) mass is 361 g/mol. The van der Waals surface area contributed by atoms with Gasteiger partial charge in [-0.05, 0) is 37.5 Å². The van der Waals surface area contributed by atoms with Crippen LogP contribution in [0.2, 0.25) is 0 Å². The van der Waals surface area contributed by atoms with E-state index in [1.165, 1.54) is 17.4 Å². The molecule has 132 valence electrons. The van der Waals surface area contributed by atoms with Gasteiger partial charge in [0.05, 0.1) is 24.1 Å². The van der Waals surface area contributed by atoms with E-state index in [0.29, 0.717) is 30.2 Å². The molecule has 25 heavy (non-hydrogen) atoms. The number of hydrogen-bond donors (Lipinski definition) is 0. The predicted molar refractivity (Wildman–Crippen MR) is 94.1 cm³/mol. The average molecular weight is 361 g/mol. The van der Waals surface area contributed by atoms with Crippen LogP contribution in [0.25, 0.3) is 10.4 Å². The highest BCUT2D eigenvalue weighted by atomic mass is 32.1. The summed E-state index contributed by atoms with van der Waals surface area (Å²) in [6.07, 6.45) is 2.63. The standard InChI is InChI=1S/C19H20FNO3S/c20-14-6-2-1-5-13(14)16-8-9-17(25-16)18(22)21-10-4-3-7-15(21)19-23-11-12-24-19/h1-2,5-6,8-9,15,19H,3-4,7,10-12H2/t15-/m0/s1. The molecule has 0 bridgehead atoms. The Labute approximate surface area is 150 Å². The van der Waals surface area contributed by atoms with E-state index in [1.54, 1.807) is 24.3 Å². The number of amides is 1. The van der Waals surface area contributed by atoms with Crippen molar-refractivity contribution in [3.05, 3.63) is 47.1 Å². The molecule has 0 N–H and O–H groups in total. The molecule has 0 spiro atoms. The van der Waals surface area contributed by atoms with Gasteiger partial charge in [0, 0.05) is 17.0 Å². The first-order chi connectivity index (χ1) is 12.2. The molecule has 2 aliphatic rings. The first-order valence-corrected chi connectivity index (χ1v) is 9.44. The highest BCUT2D eigenvalue weighted by Gasteiger charge is 2.36. The van der Waals surface area contributed by atoms with Crippen LogP contribution in [0.5, 0.6) is 0 Å². The number of nitrogens with zero attached hydrogens (tertiary/aromatic N) is 1. The van der Waals surface area contributed by atoms with Gasteiger partial charge in [-0.1, -0.05) is 18.2 Å². The molecule has 2 saturated heterocycles. The van der Waals surface area contributed by atoms with Crippen molar-refractivity contribution in [1.29, 1.82) is 0 Å². The second-order valence-corrected chi connectivity index (χ2v) is 7.40. The van der Waals surface area contributed by atoms with E-state index in [9.17, 15) is 9.18 Å². The molecule has 3 heterocycles. The minimum Gasteiger partial charge on any atom is -0.348 e. The third-order valence-corrected chi connectivity index (χ3v) is 5.83. The third-order valence-electron chi connectivity index (χ3n) is 4.73. The van der Waals surface area contributed by atoms with Crippen molar-refractivity contribution >= 4 is 17.2 Å². The maximum atomic E-state index is 14.0. The number of likely N-dealkylation sites (tertiary alicyclic amines) is 1. The highest BCUT2D eigenvalue weighted by Crippen LogP contribution is 2.32. The lowest BCUT2D eigenvalue weighted by Gasteiger charge is -2.37. The molecule has 1 atom stereocenters. The molecule has 4 nitrogen and oxygen atoms in total. The van der Waals surface area contributed by atoms with Gasteiger partial charge in [0.15, 0.2) is 6.29 Å². The van der Waals surface area contributed by atoms with Crippen LogP contribution in [0, 0.1) is 5.82 Å². The molecule has 1 aromatic carbocycles. The van der Waals surface area contributed by atoms with Crippen LogP contribution in [0.15, 0.2) is 36.4 Å². The zero-order chi connectivity index (χ0) is 17.2. The van der Waals surface area contributed by atoms with Crippen molar-refractivity contribution in [2.24, 2.45) is 0 Å². The van der Waals surface area contributed by atoms with Gasteiger partial charge < -0.3 is 14.4 Å². The molecule has 0 radical (unpaired) electrons. The smallest absolute Gasteiger partial charge is 0.264 e. The lowest BCUT2D eigenvalue weighted by Crippen LogP contribution is -2.50. The number of benzene rings is 1. The summed E-state index contributed by atoms with van der Waals surface area (Å²) in [7, 11) is 0. The van der Waals surface area contributed by atoms with E-state index in [4.69, 9.17) is 9.47 Å². The van der Waals surface area contributed by atoms with E-state index in [2.05, 4.69) is 0 Å². The summed E-state index contributed by atoms with van der Waals surface area (Å²) in [5, 5.41) is 0. The molecule has 0 saturated carbocycles. The van der Waals surface area contributed by atoms with Crippen molar-refractivity contribution < 1.29 is 18.7 Å². The Morgan fingerprint density at radius 3 is 2.72 bits per heavy atom. The molecule has 2 aromatic rings. The Morgan fingerprint density at radius 1 is 1.12 bits per heavy atom. The minimum absolute atomic E-state index is 0.0172. The van der Waals surface area contributed by atoms with Gasteiger partial charge >= 0.3 is 0 Å². The van der Waals surface area contributed by atoms with E-state index < -0.39 is 0 Å². The van der Waals surface area contributed by atoms with Crippen LogP contribution in [0.4, 0.5) is 4.39 Å². The Kier molecular flexibility index (Phi) is 4.83. The van der Waals surface area contributed by atoms with Crippen LogP contribution in [-0.2, 0) is 9.47 Å². The van der Waals surface area contributed by atoms with Gasteiger partial charge in [-0.2, -0.15) is 0 Å². The fraction of sp³-hybridized carbons (Fsp3) is 0.421. The van der Waals surface area contributed by atoms with Crippen LogP contribution in [0.3, 0.4) is 0 Å². The lowest BCUT2D eigenvalue weighted by atomic mass is 10.0. The molecular formula is C19H20FNO3S. The van der Waals surface area contributed by atoms with Gasteiger partial charge in [0.25, 0.3) is 5.91 Å². The fourth-order valence-electron chi connectivity index (χ4n) is 3.49. The fourth-order valence-corrected chi connectivity index (χ4v) is 4.48. The van der Waals surface area contributed by atoms with Crippen molar-refractivity contribution in [2.45, 2.75) is 31.6 Å². The summed E-state index contributed by atoms with van der Waals surface area (Å²) in [4.78, 5) is 16.3. The summed E-state index contributed by atoms with van der Waals surface area (Å²) in [6, 6.07) is 10.2. The number of carbonyl (C=O) groups is 1. The average Bonchev–Trinajstić information content (AvgIpc) is 3.34. The number of thiophene rings is 1. The first kappa shape index (κ1) is 16.7. The Bertz CT molecular complexity index is 757. The Morgan fingerprint density at radius 2 is 1.92 bits per heavy atom. The van der Waals surface area contributed by atoms with Crippen molar-refractivity contribution in [1.82, 2.24) is 4.90 Å². The summed E-state index contributed by atoms with van der Waals surface area (Å²) < 4.78 is 25.3. The quantitative estimate of drug-likeness (QED) is 0.832. The summed E-state index contributed by atoms with van der Waals surface area (Å²) >= 11 is 1.33. The van der Waals surface area contributed by atoms with Crippen molar-refractivity contribution in [3.8, 4) is 10.4 Å². The largest absolute Gasteiger partial charge is 0.348 e. The summed E-state index contributed by atoms with van der Waals surface area (Å²) in [6.45, 7) is 1.87. The zero-order valence-electron chi connectivity index (χ0n) is 13.8. The van der Waals surface area contributed by atoms with Gasteiger partial charge in [0.1, 0.15) is 5.82 Å². The predicted octanol–water partition coefficient (Wildman–Crippen LogP) is 3.92. The van der Waals surface area contributed by atoms with E-state index >= 15 is 0 Å². The number of hydrogen-bond acceptors (Lipinski definition) is 4. The van der Waals surface area contributed by atoms with Gasteiger partial charge in [-0.3, -0.25) is 4.79 Å². The van der Waals surface area contributed by atoms with E-state index in [0.717, 1.165) is 24.1 Å². The molecule has 1 aromatic heterocycles. The van der Waals surface area contributed by atoms with Crippen LogP contribution in [0.1, 0.15) is 28.9 Å². The topological polar surface area (TPSA) is 38.8 Å². The minimum atomic E-state index is -0.324. The van der Waals surface area contributed by atoms with Gasteiger partial charge in [0.2, 0.25) is 0 Å². The second kappa shape index (κ2) is 7.23. The molecule has 0 aliphatic carbocycles. The molecule has 1 amide bonds. The Balaban J connectivity index is 1.56. The van der Waals surface area contributed by atoms with Crippen LogP contribution < -0.4 is 0 Å². The maximum absolute atomic E-state index is 14.0. The lowest BCUT2D eigenvalue weighted by molar-refractivity contribution is -0.100. The molecule has 4 rings (SSSR count). The highest BCUT2D eigenvalue weighted by molar-refractivity contribution is 7.17.